The van der Waals surface area contributed by atoms with E-state index >= 15 is 0 Å². The number of phenolic OH excluding ortho intramolecular Hbond substituents is 1. The van der Waals surface area contributed by atoms with Gasteiger partial charge in [0.15, 0.2) is 0 Å². The zero-order chi connectivity index (χ0) is 21.0. The standard InChI is InChI=1S/C21H20N2O5S/c1-14-3-12-20(15(2)13-14)29(26,27)28-19-10-6-17(7-11-19)23-21(25)22-16-4-8-18(24)9-5-16/h3-13,24H,1-2H3,(H2,22,23,25). The van der Waals surface area contributed by atoms with Crippen LogP contribution in [0.15, 0.2) is 71.6 Å². The molecule has 3 N–H and O–H groups in total. The van der Waals surface area contributed by atoms with Crippen LogP contribution in [0.3, 0.4) is 0 Å². The van der Waals surface area contributed by atoms with E-state index in [-0.39, 0.29) is 16.4 Å². The fraction of sp³-hybridized carbons (Fsp3) is 0.0952. The first-order valence-electron chi connectivity index (χ1n) is 8.72. The predicted octanol–water partition coefficient (Wildman–Crippen LogP) is 4.42. The fourth-order valence-electron chi connectivity index (χ4n) is 2.68. The summed E-state index contributed by atoms with van der Waals surface area (Å²) in [6.45, 7) is 3.59. The van der Waals surface area contributed by atoms with E-state index in [1.807, 2.05) is 6.92 Å². The summed E-state index contributed by atoms with van der Waals surface area (Å²) in [4.78, 5) is 12.1. The average molecular weight is 412 g/mol. The van der Waals surface area contributed by atoms with Gasteiger partial charge in [-0.1, -0.05) is 17.7 Å². The molecule has 3 rings (SSSR count). The van der Waals surface area contributed by atoms with Crippen molar-refractivity contribution < 1.29 is 22.5 Å². The molecule has 0 spiro atoms. The molecular weight excluding hydrogens is 392 g/mol. The number of urea groups is 1. The lowest BCUT2D eigenvalue weighted by Crippen LogP contribution is -2.19. The first-order chi connectivity index (χ1) is 13.7. The molecule has 7 nitrogen and oxygen atoms in total. The van der Waals surface area contributed by atoms with E-state index in [2.05, 4.69) is 10.6 Å². The number of aryl methyl sites for hydroxylation is 2. The van der Waals surface area contributed by atoms with Crippen molar-refractivity contribution in [3.8, 4) is 11.5 Å². The van der Waals surface area contributed by atoms with E-state index in [0.29, 0.717) is 16.9 Å². The van der Waals surface area contributed by atoms with E-state index < -0.39 is 16.1 Å². The molecule has 0 aromatic heterocycles. The van der Waals surface area contributed by atoms with Gasteiger partial charge in [0.25, 0.3) is 0 Å². The topological polar surface area (TPSA) is 105 Å². The number of anilines is 2. The molecule has 3 aromatic rings. The normalized spacial score (nSPS) is 11.0. The number of carbonyl (C=O) groups is 1. The lowest BCUT2D eigenvalue weighted by Gasteiger charge is -2.11. The smallest absolute Gasteiger partial charge is 0.339 e. The van der Waals surface area contributed by atoms with Crippen molar-refractivity contribution in [2.75, 3.05) is 10.6 Å². The highest BCUT2D eigenvalue weighted by atomic mass is 32.2. The number of nitrogens with one attached hydrogen (secondary N) is 2. The van der Waals surface area contributed by atoms with Gasteiger partial charge >= 0.3 is 16.1 Å². The predicted molar refractivity (Wildman–Crippen MR) is 111 cm³/mol. The Balaban J connectivity index is 1.65. The summed E-state index contributed by atoms with van der Waals surface area (Å²) in [6.07, 6.45) is 0. The number of hydrogen-bond acceptors (Lipinski definition) is 5. The van der Waals surface area contributed by atoms with Crippen LogP contribution in [0.4, 0.5) is 16.2 Å². The average Bonchev–Trinajstić information content (AvgIpc) is 2.64. The second-order valence-corrected chi connectivity index (χ2v) is 7.97. The molecule has 0 heterocycles. The highest BCUT2D eigenvalue weighted by Crippen LogP contribution is 2.23. The van der Waals surface area contributed by atoms with Crippen molar-refractivity contribution >= 4 is 27.5 Å². The SMILES string of the molecule is Cc1ccc(S(=O)(=O)Oc2ccc(NC(=O)Nc3ccc(O)cc3)cc2)c(C)c1. The Hall–Kier alpha value is -3.52. The van der Waals surface area contributed by atoms with Crippen LogP contribution < -0.4 is 14.8 Å². The number of amides is 2. The van der Waals surface area contributed by atoms with Crippen LogP contribution in [0.5, 0.6) is 11.5 Å². The van der Waals surface area contributed by atoms with Crippen LogP contribution in [0, 0.1) is 13.8 Å². The maximum atomic E-state index is 12.5. The zero-order valence-corrected chi connectivity index (χ0v) is 16.7. The lowest BCUT2D eigenvalue weighted by molar-refractivity contribution is 0.262. The Morgan fingerprint density at radius 1 is 0.862 bits per heavy atom. The Bertz CT molecular complexity index is 1120. The van der Waals surface area contributed by atoms with Crippen LogP contribution in [-0.2, 0) is 10.1 Å². The van der Waals surface area contributed by atoms with Gasteiger partial charge in [-0.25, -0.2) is 4.79 Å². The van der Waals surface area contributed by atoms with Gasteiger partial charge in [-0.15, -0.1) is 0 Å². The summed E-state index contributed by atoms with van der Waals surface area (Å²) < 4.78 is 30.2. The Labute approximate surface area is 169 Å². The van der Waals surface area contributed by atoms with Crippen LogP contribution in [0.1, 0.15) is 11.1 Å². The second-order valence-electron chi connectivity index (χ2n) is 6.46. The molecule has 0 unspecified atom stereocenters. The van der Waals surface area contributed by atoms with Crippen molar-refractivity contribution in [3.63, 3.8) is 0 Å². The lowest BCUT2D eigenvalue weighted by atomic mass is 10.2. The van der Waals surface area contributed by atoms with Crippen molar-refractivity contribution in [3.05, 3.63) is 77.9 Å². The van der Waals surface area contributed by atoms with Gasteiger partial charge in [-0.05, 0) is 74.0 Å². The Morgan fingerprint density at radius 3 is 1.97 bits per heavy atom. The minimum Gasteiger partial charge on any atom is -0.508 e. The number of rotatable bonds is 5. The number of phenols is 1. The summed E-state index contributed by atoms with van der Waals surface area (Å²) in [5, 5.41) is 14.5. The Kier molecular flexibility index (Phi) is 5.74. The molecule has 0 saturated carbocycles. The summed E-state index contributed by atoms with van der Waals surface area (Å²) >= 11 is 0. The second kappa shape index (κ2) is 8.24. The van der Waals surface area contributed by atoms with Gasteiger partial charge in [0.1, 0.15) is 16.4 Å². The quantitative estimate of drug-likeness (QED) is 0.425. The minimum absolute atomic E-state index is 0.0994. The van der Waals surface area contributed by atoms with Crippen molar-refractivity contribution in [2.45, 2.75) is 18.7 Å². The first kappa shape index (κ1) is 20.2. The van der Waals surface area contributed by atoms with Crippen molar-refractivity contribution in [1.82, 2.24) is 0 Å². The molecule has 0 aliphatic heterocycles. The summed E-state index contributed by atoms with van der Waals surface area (Å²) in [5.74, 6) is 0.233. The molecule has 0 aliphatic carbocycles. The highest BCUT2D eigenvalue weighted by Gasteiger charge is 2.19. The molecule has 2 amide bonds. The third-order valence-corrected chi connectivity index (χ3v) is 5.45. The maximum absolute atomic E-state index is 12.5. The van der Waals surface area contributed by atoms with Crippen LogP contribution in [0.2, 0.25) is 0 Å². The third-order valence-electron chi connectivity index (χ3n) is 4.04. The van der Waals surface area contributed by atoms with Crippen LogP contribution in [-0.4, -0.2) is 19.6 Å². The van der Waals surface area contributed by atoms with Gasteiger partial charge in [-0.3, -0.25) is 0 Å². The minimum atomic E-state index is -3.96. The molecule has 29 heavy (non-hydrogen) atoms. The van der Waals surface area contributed by atoms with Crippen LogP contribution >= 0.6 is 0 Å². The number of benzene rings is 3. The van der Waals surface area contributed by atoms with Gasteiger partial charge in [-0.2, -0.15) is 8.42 Å². The molecule has 8 heteroatoms. The van der Waals surface area contributed by atoms with Gasteiger partial charge < -0.3 is 19.9 Å². The van der Waals surface area contributed by atoms with E-state index in [0.717, 1.165) is 5.56 Å². The molecular formula is C21H20N2O5S. The van der Waals surface area contributed by atoms with E-state index in [1.165, 1.54) is 42.5 Å². The number of hydrogen-bond donors (Lipinski definition) is 3. The number of carbonyl (C=O) groups excluding carboxylic acids is 1. The highest BCUT2D eigenvalue weighted by molar-refractivity contribution is 7.87. The first-order valence-corrected chi connectivity index (χ1v) is 10.1. The fourth-order valence-corrected chi connectivity index (χ4v) is 3.83. The number of aromatic hydroxyl groups is 1. The molecule has 0 fully saturated rings. The summed E-state index contributed by atoms with van der Waals surface area (Å²) in [6, 6.07) is 16.5. The van der Waals surface area contributed by atoms with Crippen LogP contribution in [0.25, 0.3) is 0 Å². The molecule has 150 valence electrons. The van der Waals surface area contributed by atoms with Gasteiger partial charge in [0.2, 0.25) is 0 Å². The third kappa shape index (κ3) is 5.26. The largest absolute Gasteiger partial charge is 0.508 e. The molecule has 0 atom stereocenters. The monoisotopic (exact) mass is 412 g/mol. The van der Waals surface area contributed by atoms with E-state index in [1.54, 1.807) is 31.2 Å². The van der Waals surface area contributed by atoms with E-state index in [9.17, 15) is 18.3 Å². The van der Waals surface area contributed by atoms with Crippen molar-refractivity contribution in [1.29, 1.82) is 0 Å². The van der Waals surface area contributed by atoms with Gasteiger partial charge in [0.05, 0.1) is 0 Å². The summed E-state index contributed by atoms with van der Waals surface area (Å²) in [7, 11) is -3.96. The molecule has 0 radical (unpaired) electrons. The summed E-state index contributed by atoms with van der Waals surface area (Å²) in [5.41, 5.74) is 2.54. The molecule has 3 aromatic carbocycles. The van der Waals surface area contributed by atoms with Gasteiger partial charge in [0, 0.05) is 11.4 Å². The molecule has 0 saturated heterocycles. The maximum Gasteiger partial charge on any atom is 0.339 e. The van der Waals surface area contributed by atoms with E-state index in [4.69, 9.17) is 4.18 Å². The molecule has 0 bridgehead atoms. The van der Waals surface area contributed by atoms with Crippen molar-refractivity contribution in [2.24, 2.45) is 0 Å². The Morgan fingerprint density at radius 2 is 1.41 bits per heavy atom. The molecule has 0 aliphatic rings. The zero-order valence-electron chi connectivity index (χ0n) is 15.8.